The number of nitrogens with zero attached hydrogens (tertiary/aromatic N) is 3. The normalized spacial score (nSPS) is 20.5. The van der Waals surface area contributed by atoms with Crippen molar-refractivity contribution < 1.29 is 4.79 Å². The highest BCUT2D eigenvalue weighted by molar-refractivity contribution is 7.20. The molecular formula is C18H26N4OS. The van der Waals surface area contributed by atoms with Gasteiger partial charge >= 0.3 is 0 Å². The molecule has 1 N–H and O–H groups in total. The van der Waals surface area contributed by atoms with E-state index in [2.05, 4.69) is 22.0 Å². The summed E-state index contributed by atoms with van der Waals surface area (Å²) in [6, 6.07) is 2.53. The Labute approximate surface area is 147 Å². The largest absolute Gasteiger partial charge is 0.284 e. The van der Waals surface area contributed by atoms with Crippen LogP contribution in [-0.4, -0.2) is 33.8 Å². The average Bonchev–Trinajstić information content (AvgIpc) is 3.18. The second-order valence-electron chi connectivity index (χ2n) is 7.14. The first-order valence-corrected chi connectivity index (χ1v) is 10.1. The van der Waals surface area contributed by atoms with Gasteiger partial charge in [-0.25, -0.2) is 5.01 Å². The van der Waals surface area contributed by atoms with Crippen molar-refractivity contribution in [1.82, 2.24) is 20.2 Å². The Kier molecular flexibility index (Phi) is 4.59. The van der Waals surface area contributed by atoms with Crippen LogP contribution in [0.4, 0.5) is 0 Å². The molecule has 4 rings (SSSR count). The lowest BCUT2D eigenvalue weighted by atomic mass is 9.96. The minimum atomic E-state index is 0.0349. The molecule has 0 aromatic carbocycles. The van der Waals surface area contributed by atoms with Gasteiger partial charge in [0.25, 0.3) is 5.91 Å². The van der Waals surface area contributed by atoms with E-state index in [1.807, 2.05) is 6.07 Å². The molecular weight excluding hydrogens is 320 g/mol. The fourth-order valence-electron chi connectivity index (χ4n) is 3.96. The lowest BCUT2D eigenvalue weighted by Crippen LogP contribution is -2.44. The lowest BCUT2D eigenvalue weighted by molar-refractivity contribution is 0.0754. The molecule has 0 bridgehead atoms. The molecule has 1 aliphatic carbocycles. The van der Waals surface area contributed by atoms with Crippen LogP contribution in [0.2, 0.25) is 0 Å². The maximum atomic E-state index is 12.6. The van der Waals surface area contributed by atoms with Crippen LogP contribution in [0.3, 0.4) is 0 Å². The molecule has 5 nitrogen and oxygen atoms in total. The molecule has 3 heterocycles. The zero-order valence-corrected chi connectivity index (χ0v) is 15.2. The first kappa shape index (κ1) is 16.1. The SMILES string of the molecule is Cc1nn(C2CCCCC2)c2sc(C(=O)NN3CCCCC3)cc12. The van der Waals surface area contributed by atoms with Crippen molar-refractivity contribution in [2.75, 3.05) is 13.1 Å². The van der Waals surface area contributed by atoms with Gasteiger partial charge in [-0.2, -0.15) is 5.10 Å². The lowest BCUT2D eigenvalue weighted by Gasteiger charge is -2.26. The Morgan fingerprint density at radius 3 is 2.62 bits per heavy atom. The number of rotatable bonds is 3. The molecule has 6 heteroatoms. The molecule has 2 aliphatic rings. The van der Waals surface area contributed by atoms with Crippen molar-refractivity contribution in [3.05, 3.63) is 16.6 Å². The molecule has 0 unspecified atom stereocenters. The maximum Gasteiger partial charge on any atom is 0.275 e. The highest BCUT2D eigenvalue weighted by atomic mass is 32.1. The summed E-state index contributed by atoms with van der Waals surface area (Å²) in [5, 5.41) is 7.99. The third-order valence-electron chi connectivity index (χ3n) is 5.33. The van der Waals surface area contributed by atoms with Gasteiger partial charge in [0.05, 0.1) is 16.6 Å². The van der Waals surface area contributed by atoms with Gasteiger partial charge in [-0.1, -0.05) is 25.7 Å². The summed E-state index contributed by atoms with van der Waals surface area (Å²) in [5.41, 5.74) is 4.12. The average molecular weight is 347 g/mol. The molecule has 2 aromatic heterocycles. The van der Waals surface area contributed by atoms with Crippen molar-refractivity contribution in [3.63, 3.8) is 0 Å². The van der Waals surface area contributed by atoms with Gasteiger partial charge in [0, 0.05) is 18.5 Å². The minimum absolute atomic E-state index is 0.0349. The summed E-state index contributed by atoms with van der Waals surface area (Å²) >= 11 is 1.60. The highest BCUT2D eigenvalue weighted by Gasteiger charge is 2.23. The third kappa shape index (κ3) is 3.09. The number of amides is 1. The number of aryl methyl sites for hydroxylation is 1. The van der Waals surface area contributed by atoms with Crippen LogP contribution in [0.5, 0.6) is 0 Å². The number of fused-ring (bicyclic) bond motifs is 1. The molecule has 1 aliphatic heterocycles. The fraction of sp³-hybridized carbons (Fsp3) is 0.667. The van der Waals surface area contributed by atoms with Crippen LogP contribution in [0, 0.1) is 6.92 Å². The molecule has 24 heavy (non-hydrogen) atoms. The summed E-state index contributed by atoms with van der Waals surface area (Å²) in [5.74, 6) is 0.0349. The van der Waals surface area contributed by atoms with Crippen molar-refractivity contribution in [3.8, 4) is 0 Å². The van der Waals surface area contributed by atoms with Crippen LogP contribution in [0.25, 0.3) is 10.2 Å². The predicted molar refractivity (Wildman–Crippen MR) is 97.4 cm³/mol. The monoisotopic (exact) mass is 346 g/mol. The summed E-state index contributed by atoms with van der Waals surface area (Å²) in [7, 11) is 0. The van der Waals surface area contributed by atoms with E-state index in [-0.39, 0.29) is 5.91 Å². The first-order chi connectivity index (χ1) is 11.7. The summed E-state index contributed by atoms with van der Waals surface area (Å²) in [6.45, 7) is 3.98. The fourth-order valence-corrected chi connectivity index (χ4v) is 5.08. The van der Waals surface area contributed by atoms with Crippen LogP contribution in [0.15, 0.2) is 6.07 Å². The molecule has 1 saturated carbocycles. The second kappa shape index (κ2) is 6.84. The number of aromatic nitrogens is 2. The van der Waals surface area contributed by atoms with E-state index in [4.69, 9.17) is 5.10 Å². The molecule has 2 aromatic rings. The van der Waals surface area contributed by atoms with Crippen molar-refractivity contribution in [1.29, 1.82) is 0 Å². The van der Waals surface area contributed by atoms with E-state index in [1.165, 1.54) is 56.2 Å². The zero-order valence-electron chi connectivity index (χ0n) is 14.4. The number of hydrogen-bond donors (Lipinski definition) is 1. The van der Waals surface area contributed by atoms with Crippen molar-refractivity contribution in [2.24, 2.45) is 0 Å². The number of hydrazine groups is 1. The highest BCUT2D eigenvalue weighted by Crippen LogP contribution is 2.35. The van der Waals surface area contributed by atoms with E-state index in [0.29, 0.717) is 6.04 Å². The van der Waals surface area contributed by atoms with Gasteiger partial charge in [-0.15, -0.1) is 11.3 Å². The van der Waals surface area contributed by atoms with E-state index >= 15 is 0 Å². The molecule has 0 atom stereocenters. The number of piperidine rings is 1. The number of nitrogens with one attached hydrogen (secondary N) is 1. The van der Waals surface area contributed by atoms with Gasteiger partial charge in [0.1, 0.15) is 4.83 Å². The number of thiophene rings is 1. The Morgan fingerprint density at radius 2 is 1.88 bits per heavy atom. The van der Waals surface area contributed by atoms with Gasteiger partial charge in [-0.05, 0) is 38.7 Å². The predicted octanol–water partition coefficient (Wildman–Crippen LogP) is 4.04. The maximum absolute atomic E-state index is 12.6. The smallest absolute Gasteiger partial charge is 0.275 e. The van der Waals surface area contributed by atoms with Gasteiger partial charge in [-0.3, -0.25) is 14.9 Å². The number of hydrogen-bond acceptors (Lipinski definition) is 4. The second-order valence-corrected chi connectivity index (χ2v) is 8.17. The van der Waals surface area contributed by atoms with E-state index in [1.54, 1.807) is 11.3 Å². The van der Waals surface area contributed by atoms with Crippen LogP contribution < -0.4 is 5.43 Å². The van der Waals surface area contributed by atoms with E-state index < -0.39 is 0 Å². The third-order valence-corrected chi connectivity index (χ3v) is 6.45. The Balaban J connectivity index is 1.57. The summed E-state index contributed by atoms with van der Waals surface area (Å²) in [4.78, 5) is 14.6. The van der Waals surface area contributed by atoms with Crippen molar-refractivity contribution >= 4 is 27.5 Å². The Morgan fingerprint density at radius 1 is 1.17 bits per heavy atom. The molecule has 1 saturated heterocycles. The molecule has 1 amide bonds. The molecule has 130 valence electrons. The van der Waals surface area contributed by atoms with E-state index in [9.17, 15) is 4.79 Å². The standard InChI is InChI=1S/C18H26N4OS/c1-13-15-12-16(17(23)20-21-10-6-3-7-11-21)24-18(15)22(19-13)14-8-4-2-5-9-14/h12,14H,2-11H2,1H3,(H,20,23). The zero-order chi connectivity index (χ0) is 16.5. The van der Waals surface area contributed by atoms with Crippen LogP contribution >= 0.6 is 11.3 Å². The van der Waals surface area contributed by atoms with E-state index in [0.717, 1.165) is 29.0 Å². The molecule has 2 fully saturated rings. The van der Waals surface area contributed by atoms with Gasteiger partial charge in [0.15, 0.2) is 0 Å². The van der Waals surface area contributed by atoms with Crippen LogP contribution in [-0.2, 0) is 0 Å². The Hall–Kier alpha value is -1.40. The van der Waals surface area contributed by atoms with Gasteiger partial charge in [0.2, 0.25) is 0 Å². The molecule has 0 radical (unpaired) electrons. The van der Waals surface area contributed by atoms with Crippen LogP contribution in [0.1, 0.15) is 72.8 Å². The topological polar surface area (TPSA) is 50.2 Å². The number of carbonyl (C=O) groups is 1. The number of carbonyl (C=O) groups excluding carboxylic acids is 1. The minimum Gasteiger partial charge on any atom is -0.284 e. The first-order valence-electron chi connectivity index (χ1n) is 9.27. The summed E-state index contributed by atoms with van der Waals surface area (Å²) in [6.07, 6.45) is 9.95. The van der Waals surface area contributed by atoms with Gasteiger partial charge < -0.3 is 0 Å². The summed E-state index contributed by atoms with van der Waals surface area (Å²) < 4.78 is 2.20. The molecule has 0 spiro atoms. The Bertz CT molecular complexity index is 723. The van der Waals surface area contributed by atoms with Crippen molar-refractivity contribution in [2.45, 2.75) is 64.3 Å². The quantitative estimate of drug-likeness (QED) is 0.912.